The monoisotopic (exact) mass is 368 g/mol. The fourth-order valence-corrected chi connectivity index (χ4v) is 3.03. The lowest BCUT2D eigenvalue weighted by Crippen LogP contribution is -2.10. The van der Waals surface area contributed by atoms with E-state index in [0.29, 0.717) is 12.2 Å². The minimum absolute atomic E-state index is 0.0658. The highest BCUT2D eigenvalue weighted by Gasteiger charge is 2.21. The maximum absolute atomic E-state index is 11.8. The fourth-order valence-electron chi connectivity index (χ4n) is 3.03. The molecule has 2 aromatic carbocycles. The highest BCUT2D eigenvalue weighted by Crippen LogP contribution is 2.23. The number of nitrogens with zero attached hydrogens (tertiary/aromatic N) is 3. The molecule has 8 heteroatoms. The molecule has 1 aromatic heterocycles. The summed E-state index contributed by atoms with van der Waals surface area (Å²) >= 11 is 0. The van der Waals surface area contributed by atoms with Crippen molar-refractivity contribution in [3.8, 4) is 0 Å². The van der Waals surface area contributed by atoms with Gasteiger partial charge in [0.15, 0.2) is 0 Å². The molecule has 8 nitrogen and oxygen atoms in total. The van der Waals surface area contributed by atoms with Gasteiger partial charge in [-0.25, -0.2) is 9.78 Å². The van der Waals surface area contributed by atoms with Gasteiger partial charge in [0.2, 0.25) is 0 Å². The Hall–Kier alpha value is -3.42. The van der Waals surface area contributed by atoms with E-state index in [9.17, 15) is 14.9 Å². The fraction of sp³-hybridized carbons (Fsp3) is 0.263. The van der Waals surface area contributed by atoms with Gasteiger partial charge in [-0.2, -0.15) is 0 Å². The number of aromatic nitrogens is 2. The Labute approximate surface area is 155 Å². The number of carbonyl (C=O) groups is 1. The van der Waals surface area contributed by atoms with Crippen LogP contribution in [0.25, 0.3) is 11.0 Å². The van der Waals surface area contributed by atoms with E-state index in [0.717, 1.165) is 29.8 Å². The molecular formula is C19H20N4O4. The van der Waals surface area contributed by atoms with Crippen LogP contribution in [0.5, 0.6) is 0 Å². The van der Waals surface area contributed by atoms with Gasteiger partial charge in [-0.3, -0.25) is 10.1 Å². The molecule has 0 aliphatic rings. The van der Waals surface area contributed by atoms with Gasteiger partial charge in [0, 0.05) is 24.8 Å². The predicted molar refractivity (Wildman–Crippen MR) is 102 cm³/mol. The summed E-state index contributed by atoms with van der Waals surface area (Å²) in [6, 6.07) is 12.3. The highest BCUT2D eigenvalue weighted by molar-refractivity contribution is 5.95. The van der Waals surface area contributed by atoms with Crippen LogP contribution >= 0.6 is 0 Å². The highest BCUT2D eigenvalue weighted by atomic mass is 16.6. The zero-order chi connectivity index (χ0) is 19.4. The zero-order valence-corrected chi connectivity index (χ0v) is 15.1. The first-order valence-electron chi connectivity index (χ1n) is 8.53. The molecule has 3 aromatic rings. The largest absolute Gasteiger partial charge is 0.465 e. The molecular weight excluding hydrogens is 348 g/mol. The van der Waals surface area contributed by atoms with Gasteiger partial charge in [0.25, 0.3) is 5.69 Å². The van der Waals surface area contributed by atoms with Gasteiger partial charge in [-0.1, -0.05) is 12.1 Å². The van der Waals surface area contributed by atoms with E-state index < -0.39 is 10.9 Å². The maximum Gasteiger partial charge on any atom is 0.344 e. The van der Waals surface area contributed by atoms with E-state index in [1.807, 2.05) is 31.2 Å². The topological polar surface area (TPSA) is 99.3 Å². The summed E-state index contributed by atoms with van der Waals surface area (Å²) in [5.41, 5.74) is 2.37. The van der Waals surface area contributed by atoms with E-state index in [4.69, 9.17) is 0 Å². The Balaban J connectivity index is 1.66. The lowest BCUT2D eigenvalue weighted by molar-refractivity contribution is -0.385. The number of fused-ring (bicyclic) bond motifs is 1. The smallest absolute Gasteiger partial charge is 0.344 e. The number of anilines is 1. The number of aryl methyl sites for hydroxylation is 2. The first-order valence-corrected chi connectivity index (χ1v) is 8.53. The molecule has 3 rings (SSSR count). The molecule has 140 valence electrons. The van der Waals surface area contributed by atoms with Crippen molar-refractivity contribution >= 4 is 28.4 Å². The number of para-hydroxylation sites is 2. The van der Waals surface area contributed by atoms with Gasteiger partial charge in [0.1, 0.15) is 11.4 Å². The molecule has 0 saturated carbocycles. The number of nitro benzene ring substituents is 1. The van der Waals surface area contributed by atoms with Crippen molar-refractivity contribution in [1.82, 2.24) is 9.55 Å². The third-order valence-electron chi connectivity index (χ3n) is 4.33. The van der Waals surface area contributed by atoms with E-state index >= 15 is 0 Å². The second-order valence-corrected chi connectivity index (χ2v) is 6.06. The molecule has 0 fully saturated rings. The number of nitro groups is 1. The van der Waals surface area contributed by atoms with Crippen LogP contribution in [0, 0.1) is 17.0 Å². The number of methoxy groups -OCH3 is 1. The predicted octanol–water partition coefficient (Wildman–Crippen LogP) is 3.54. The van der Waals surface area contributed by atoms with E-state index in [2.05, 4.69) is 19.6 Å². The van der Waals surface area contributed by atoms with Crippen molar-refractivity contribution in [2.45, 2.75) is 19.9 Å². The van der Waals surface area contributed by atoms with Crippen molar-refractivity contribution in [3.05, 3.63) is 64.0 Å². The summed E-state index contributed by atoms with van der Waals surface area (Å²) in [7, 11) is 1.20. The number of hydrogen-bond acceptors (Lipinski definition) is 6. The number of imidazole rings is 1. The van der Waals surface area contributed by atoms with Crippen molar-refractivity contribution in [3.63, 3.8) is 0 Å². The minimum Gasteiger partial charge on any atom is -0.465 e. The van der Waals surface area contributed by atoms with Crippen LogP contribution in [0.3, 0.4) is 0 Å². The number of benzene rings is 2. The number of esters is 1. The van der Waals surface area contributed by atoms with Gasteiger partial charge in [0.05, 0.1) is 23.1 Å². The minimum atomic E-state index is -0.731. The summed E-state index contributed by atoms with van der Waals surface area (Å²) in [6.45, 7) is 3.41. The maximum atomic E-state index is 11.8. The molecule has 27 heavy (non-hydrogen) atoms. The Kier molecular flexibility index (Phi) is 5.35. The molecule has 1 heterocycles. The Morgan fingerprint density at radius 3 is 2.81 bits per heavy atom. The third-order valence-corrected chi connectivity index (χ3v) is 4.33. The summed E-state index contributed by atoms with van der Waals surface area (Å²) in [5, 5.41) is 14.2. The number of nitrogens with one attached hydrogen (secondary N) is 1. The van der Waals surface area contributed by atoms with E-state index in [1.165, 1.54) is 19.2 Å². The quantitative estimate of drug-likeness (QED) is 0.296. The summed E-state index contributed by atoms with van der Waals surface area (Å²) in [4.78, 5) is 26.8. The van der Waals surface area contributed by atoms with Crippen LogP contribution < -0.4 is 5.32 Å². The summed E-state index contributed by atoms with van der Waals surface area (Å²) in [5.74, 6) is 0.227. The van der Waals surface area contributed by atoms with Crippen molar-refractivity contribution in [1.29, 1.82) is 0 Å². The van der Waals surface area contributed by atoms with Gasteiger partial charge < -0.3 is 14.6 Å². The molecule has 0 aliphatic heterocycles. The number of ether oxygens (including phenoxy) is 1. The molecule has 1 N–H and O–H groups in total. The van der Waals surface area contributed by atoms with Crippen LogP contribution in [0.15, 0.2) is 42.5 Å². The molecule has 0 amide bonds. The zero-order valence-electron chi connectivity index (χ0n) is 15.1. The van der Waals surface area contributed by atoms with E-state index in [1.54, 1.807) is 6.07 Å². The number of hydrogen-bond donors (Lipinski definition) is 1. The molecule has 0 atom stereocenters. The first-order chi connectivity index (χ1) is 13.0. The van der Waals surface area contributed by atoms with Crippen molar-refractivity contribution in [2.24, 2.45) is 0 Å². The Morgan fingerprint density at radius 1 is 1.30 bits per heavy atom. The average molecular weight is 368 g/mol. The normalized spacial score (nSPS) is 10.7. The molecule has 0 saturated heterocycles. The van der Waals surface area contributed by atoms with Crippen LogP contribution in [-0.2, 0) is 11.3 Å². The SMILES string of the molecule is COC(=O)c1cc(NCCCn2c(C)nc3ccccc32)ccc1[N+](=O)[O-]. The molecule has 0 radical (unpaired) electrons. The van der Waals surface area contributed by atoms with Gasteiger partial charge in [-0.15, -0.1) is 0 Å². The average Bonchev–Trinajstić information content (AvgIpc) is 2.99. The lowest BCUT2D eigenvalue weighted by Gasteiger charge is -2.10. The van der Waals surface area contributed by atoms with Gasteiger partial charge >= 0.3 is 5.97 Å². The third kappa shape index (κ3) is 3.89. The van der Waals surface area contributed by atoms with Crippen molar-refractivity contribution < 1.29 is 14.5 Å². The van der Waals surface area contributed by atoms with Crippen LogP contribution in [0.4, 0.5) is 11.4 Å². The Morgan fingerprint density at radius 2 is 2.07 bits per heavy atom. The molecule has 0 unspecified atom stereocenters. The lowest BCUT2D eigenvalue weighted by atomic mass is 10.1. The van der Waals surface area contributed by atoms with Crippen molar-refractivity contribution in [2.75, 3.05) is 19.0 Å². The number of carbonyl (C=O) groups excluding carboxylic acids is 1. The molecule has 0 spiro atoms. The molecule has 0 bridgehead atoms. The standard InChI is InChI=1S/C19H20N4O4/c1-13-21-16-6-3-4-7-18(16)22(13)11-5-10-20-14-8-9-17(23(25)26)15(12-14)19(24)27-2/h3-4,6-9,12,20H,5,10-11H2,1-2H3. The summed E-state index contributed by atoms with van der Waals surface area (Å²) < 4.78 is 6.79. The van der Waals surface area contributed by atoms with Crippen LogP contribution in [-0.4, -0.2) is 34.1 Å². The second-order valence-electron chi connectivity index (χ2n) is 6.06. The number of rotatable bonds is 7. The Bertz CT molecular complexity index is 997. The molecule has 0 aliphatic carbocycles. The first kappa shape index (κ1) is 18.4. The van der Waals surface area contributed by atoms with Gasteiger partial charge in [-0.05, 0) is 37.6 Å². The summed E-state index contributed by atoms with van der Waals surface area (Å²) in [6.07, 6.45) is 0.825. The van der Waals surface area contributed by atoms with Crippen LogP contribution in [0.2, 0.25) is 0 Å². The second kappa shape index (κ2) is 7.86. The van der Waals surface area contributed by atoms with E-state index in [-0.39, 0.29) is 11.3 Å². The van der Waals surface area contributed by atoms with Crippen LogP contribution in [0.1, 0.15) is 22.6 Å².